The smallest absolute Gasteiger partial charge is 0.315 e. The number of hydrogen-bond acceptors (Lipinski definition) is 3. The van der Waals surface area contributed by atoms with Gasteiger partial charge in [0.15, 0.2) is 0 Å². The van der Waals surface area contributed by atoms with Gasteiger partial charge in [0.1, 0.15) is 5.76 Å². The second-order valence-corrected chi connectivity index (χ2v) is 5.26. The van der Waals surface area contributed by atoms with Gasteiger partial charge < -0.3 is 20.4 Å². The van der Waals surface area contributed by atoms with E-state index in [1.807, 2.05) is 37.3 Å². The number of amides is 3. The molecule has 3 amide bonds. The standard InChI is InChI=1S/C17H21N3O3/c1-13(9-10-15-8-5-11-23-15)19-17(22)18-12-16(21)20-14-6-3-2-4-7-14/h2-8,11,13H,9-10,12H2,1H3,(H,20,21)(H2,18,19,22)/t13-/m1/s1. The Bertz CT molecular complexity index is 611. The maximum atomic E-state index is 11.7. The van der Waals surface area contributed by atoms with Gasteiger partial charge >= 0.3 is 6.03 Å². The summed E-state index contributed by atoms with van der Waals surface area (Å²) in [5, 5.41) is 8.03. The van der Waals surface area contributed by atoms with Crippen molar-refractivity contribution in [2.75, 3.05) is 11.9 Å². The molecule has 0 saturated carbocycles. The van der Waals surface area contributed by atoms with E-state index in [9.17, 15) is 9.59 Å². The number of urea groups is 1. The molecule has 23 heavy (non-hydrogen) atoms. The van der Waals surface area contributed by atoms with E-state index < -0.39 is 0 Å². The van der Waals surface area contributed by atoms with Crippen molar-refractivity contribution in [2.45, 2.75) is 25.8 Å². The number of carbonyl (C=O) groups excluding carboxylic acids is 2. The normalized spacial score (nSPS) is 11.5. The number of benzene rings is 1. The third-order valence-corrected chi connectivity index (χ3v) is 3.25. The van der Waals surface area contributed by atoms with E-state index in [1.165, 1.54) is 0 Å². The Balaban J connectivity index is 1.63. The highest BCUT2D eigenvalue weighted by atomic mass is 16.3. The highest BCUT2D eigenvalue weighted by Gasteiger charge is 2.09. The zero-order valence-corrected chi connectivity index (χ0v) is 13.0. The van der Waals surface area contributed by atoms with Crippen LogP contribution in [0.3, 0.4) is 0 Å². The molecule has 0 aliphatic rings. The number of furan rings is 1. The molecule has 1 aromatic heterocycles. The highest BCUT2D eigenvalue weighted by molar-refractivity contribution is 5.94. The number of aryl methyl sites for hydroxylation is 1. The van der Waals surface area contributed by atoms with Gasteiger partial charge in [-0.2, -0.15) is 0 Å². The van der Waals surface area contributed by atoms with Crippen molar-refractivity contribution in [3.63, 3.8) is 0 Å². The van der Waals surface area contributed by atoms with Crippen LogP contribution < -0.4 is 16.0 Å². The lowest BCUT2D eigenvalue weighted by Gasteiger charge is -2.14. The summed E-state index contributed by atoms with van der Waals surface area (Å²) in [5.74, 6) is 0.621. The van der Waals surface area contributed by atoms with Crippen LogP contribution in [0.1, 0.15) is 19.1 Å². The monoisotopic (exact) mass is 315 g/mol. The number of anilines is 1. The fraction of sp³-hybridized carbons (Fsp3) is 0.294. The lowest BCUT2D eigenvalue weighted by Crippen LogP contribution is -2.43. The van der Waals surface area contributed by atoms with Gasteiger partial charge in [0.25, 0.3) is 0 Å². The molecule has 0 bridgehead atoms. The SMILES string of the molecule is C[C@H](CCc1ccco1)NC(=O)NCC(=O)Nc1ccccc1. The molecule has 0 radical (unpaired) electrons. The van der Waals surface area contributed by atoms with Gasteiger partial charge in [-0.15, -0.1) is 0 Å². The number of nitrogens with one attached hydrogen (secondary N) is 3. The minimum absolute atomic E-state index is 0.0164. The molecule has 1 atom stereocenters. The lowest BCUT2D eigenvalue weighted by atomic mass is 10.1. The predicted octanol–water partition coefficient (Wildman–Crippen LogP) is 2.54. The Hall–Kier alpha value is -2.76. The van der Waals surface area contributed by atoms with E-state index in [4.69, 9.17) is 4.42 Å². The predicted molar refractivity (Wildman–Crippen MR) is 88.1 cm³/mol. The van der Waals surface area contributed by atoms with Crippen molar-refractivity contribution in [3.05, 3.63) is 54.5 Å². The van der Waals surface area contributed by atoms with E-state index in [0.29, 0.717) is 5.69 Å². The first-order chi connectivity index (χ1) is 11.1. The minimum Gasteiger partial charge on any atom is -0.469 e. The van der Waals surface area contributed by atoms with Crippen LogP contribution in [-0.2, 0) is 11.2 Å². The van der Waals surface area contributed by atoms with E-state index in [2.05, 4.69) is 16.0 Å². The molecule has 2 aromatic rings. The maximum absolute atomic E-state index is 11.7. The van der Waals surface area contributed by atoms with E-state index >= 15 is 0 Å². The highest BCUT2D eigenvalue weighted by Crippen LogP contribution is 2.06. The minimum atomic E-state index is -0.361. The fourth-order valence-corrected chi connectivity index (χ4v) is 2.05. The van der Waals surface area contributed by atoms with Gasteiger partial charge in [-0.25, -0.2) is 4.79 Å². The summed E-state index contributed by atoms with van der Waals surface area (Å²) >= 11 is 0. The topological polar surface area (TPSA) is 83.4 Å². The fourth-order valence-electron chi connectivity index (χ4n) is 2.05. The lowest BCUT2D eigenvalue weighted by molar-refractivity contribution is -0.115. The van der Waals surface area contributed by atoms with Crippen molar-refractivity contribution in [1.82, 2.24) is 10.6 Å². The molecule has 0 aliphatic carbocycles. The average molecular weight is 315 g/mol. The summed E-state index contributed by atoms with van der Waals surface area (Å²) in [5.41, 5.74) is 0.700. The molecule has 3 N–H and O–H groups in total. The zero-order chi connectivity index (χ0) is 16.5. The molecule has 1 aromatic carbocycles. The molecule has 0 unspecified atom stereocenters. The molecule has 122 valence electrons. The largest absolute Gasteiger partial charge is 0.469 e. The van der Waals surface area contributed by atoms with Crippen molar-refractivity contribution in [3.8, 4) is 0 Å². The summed E-state index contributed by atoms with van der Waals surface area (Å²) in [6.45, 7) is 1.83. The molecule has 0 spiro atoms. The Morgan fingerprint density at radius 3 is 2.61 bits per heavy atom. The van der Waals surface area contributed by atoms with Gasteiger partial charge in [-0.3, -0.25) is 4.79 Å². The van der Waals surface area contributed by atoms with Crippen LogP contribution in [0, 0.1) is 0 Å². The summed E-state index contributed by atoms with van der Waals surface area (Å²) in [6.07, 6.45) is 3.14. The van der Waals surface area contributed by atoms with E-state index in [1.54, 1.807) is 18.4 Å². The number of hydrogen-bond donors (Lipinski definition) is 3. The quantitative estimate of drug-likeness (QED) is 0.734. The number of carbonyl (C=O) groups is 2. The number of rotatable bonds is 7. The van der Waals surface area contributed by atoms with Crippen LogP contribution in [0.2, 0.25) is 0 Å². The molecule has 0 saturated heterocycles. The third kappa shape index (κ3) is 6.25. The Morgan fingerprint density at radius 1 is 1.13 bits per heavy atom. The molecular weight excluding hydrogens is 294 g/mol. The van der Waals surface area contributed by atoms with Gasteiger partial charge in [0, 0.05) is 18.2 Å². The zero-order valence-electron chi connectivity index (χ0n) is 13.0. The van der Waals surface area contributed by atoms with Crippen LogP contribution in [0.15, 0.2) is 53.1 Å². The van der Waals surface area contributed by atoms with E-state index in [0.717, 1.165) is 18.6 Å². The first kappa shape index (κ1) is 16.6. The Kier molecular flexibility index (Phi) is 6.23. The molecule has 0 aliphatic heterocycles. The Morgan fingerprint density at radius 2 is 1.91 bits per heavy atom. The van der Waals surface area contributed by atoms with Gasteiger partial charge in [-0.05, 0) is 37.6 Å². The second-order valence-electron chi connectivity index (χ2n) is 5.26. The second kappa shape index (κ2) is 8.63. The first-order valence-corrected chi connectivity index (χ1v) is 7.55. The summed E-state index contributed by atoms with van der Waals surface area (Å²) in [4.78, 5) is 23.5. The third-order valence-electron chi connectivity index (χ3n) is 3.25. The van der Waals surface area contributed by atoms with Crippen molar-refractivity contribution in [1.29, 1.82) is 0 Å². The molecule has 1 heterocycles. The molecular formula is C17H21N3O3. The average Bonchev–Trinajstić information content (AvgIpc) is 3.05. The Labute approximate surface area is 135 Å². The van der Waals surface area contributed by atoms with Gasteiger partial charge in [-0.1, -0.05) is 18.2 Å². The maximum Gasteiger partial charge on any atom is 0.315 e. The van der Waals surface area contributed by atoms with Crippen molar-refractivity contribution in [2.24, 2.45) is 0 Å². The van der Waals surface area contributed by atoms with E-state index in [-0.39, 0.29) is 24.5 Å². The van der Waals surface area contributed by atoms with Crippen LogP contribution in [-0.4, -0.2) is 24.5 Å². The van der Waals surface area contributed by atoms with Crippen molar-refractivity contribution < 1.29 is 14.0 Å². The summed E-state index contributed by atoms with van der Waals surface area (Å²) < 4.78 is 5.24. The summed E-state index contributed by atoms with van der Waals surface area (Å²) in [7, 11) is 0. The summed E-state index contributed by atoms with van der Waals surface area (Å²) in [6, 6.07) is 12.5. The first-order valence-electron chi connectivity index (χ1n) is 7.55. The van der Waals surface area contributed by atoms with Crippen LogP contribution in [0.25, 0.3) is 0 Å². The molecule has 6 nitrogen and oxygen atoms in total. The van der Waals surface area contributed by atoms with Crippen LogP contribution in [0.5, 0.6) is 0 Å². The van der Waals surface area contributed by atoms with Gasteiger partial charge in [0.05, 0.1) is 12.8 Å². The van der Waals surface area contributed by atoms with Crippen LogP contribution >= 0.6 is 0 Å². The van der Waals surface area contributed by atoms with Crippen molar-refractivity contribution >= 4 is 17.6 Å². The van der Waals surface area contributed by atoms with Crippen LogP contribution in [0.4, 0.5) is 10.5 Å². The molecule has 6 heteroatoms. The van der Waals surface area contributed by atoms with Gasteiger partial charge in [0.2, 0.25) is 5.91 Å². The molecule has 2 rings (SSSR count). The molecule has 0 fully saturated rings. The number of para-hydroxylation sites is 1.